The quantitative estimate of drug-likeness (QED) is 0.632. The molecular formula is C24H32N6O2S. The number of rotatable bonds is 5. The summed E-state index contributed by atoms with van der Waals surface area (Å²) in [6.07, 6.45) is 8.71. The van der Waals surface area contributed by atoms with E-state index < -0.39 is 0 Å². The van der Waals surface area contributed by atoms with E-state index in [-0.39, 0.29) is 6.79 Å². The van der Waals surface area contributed by atoms with E-state index in [1.54, 1.807) is 0 Å². The average molecular weight is 469 g/mol. The predicted molar refractivity (Wildman–Crippen MR) is 134 cm³/mol. The molecule has 2 N–H and O–H groups in total. The predicted octanol–water partition coefficient (Wildman–Crippen LogP) is 4.06. The second-order valence-electron chi connectivity index (χ2n) is 8.85. The van der Waals surface area contributed by atoms with Gasteiger partial charge in [0.1, 0.15) is 11.6 Å². The van der Waals surface area contributed by atoms with Crippen LogP contribution in [0, 0.1) is 0 Å². The normalized spacial score (nSPS) is 18.1. The minimum Gasteiger partial charge on any atom is -0.454 e. The number of hydrogen-bond donors (Lipinski definition) is 2. The van der Waals surface area contributed by atoms with Crippen LogP contribution >= 0.6 is 12.2 Å². The Labute approximate surface area is 200 Å². The molecule has 33 heavy (non-hydrogen) atoms. The maximum absolute atomic E-state index is 5.57. The number of thiocarbonyl (C=S) groups is 1. The lowest BCUT2D eigenvalue weighted by Crippen LogP contribution is -2.33. The summed E-state index contributed by atoms with van der Waals surface area (Å²) >= 11 is 5.57. The lowest BCUT2D eigenvalue weighted by molar-refractivity contribution is 0.174. The van der Waals surface area contributed by atoms with E-state index in [1.165, 1.54) is 44.9 Å². The van der Waals surface area contributed by atoms with E-state index in [0.717, 1.165) is 54.9 Å². The second-order valence-corrected chi connectivity index (χ2v) is 9.26. The van der Waals surface area contributed by atoms with Crippen LogP contribution in [-0.4, -0.2) is 48.1 Å². The van der Waals surface area contributed by atoms with E-state index in [9.17, 15) is 0 Å². The molecule has 9 heteroatoms. The fourth-order valence-corrected chi connectivity index (χ4v) is 4.77. The van der Waals surface area contributed by atoms with Crippen molar-refractivity contribution in [3.8, 4) is 11.5 Å². The highest BCUT2D eigenvalue weighted by Gasteiger charge is 2.19. The van der Waals surface area contributed by atoms with Crippen LogP contribution in [-0.2, 0) is 6.54 Å². The minimum atomic E-state index is 0.274. The highest BCUT2D eigenvalue weighted by atomic mass is 32.1. The topological polar surface area (TPSA) is 74.8 Å². The van der Waals surface area contributed by atoms with Gasteiger partial charge in [-0.15, -0.1) is 0 Å². The van der Waals surface area contributed by atoms with Gasteiger partial charge in [0.25, 0.3) is 0 Å². The Morgan fingerprint density at radius 3 is 2.09 bits per heavy atom. The summed E-state index contributed by atoms with van der Waals surface area (Å²) in [7, 11) is 0. The Morgan fingerprint density at radius 2 is 1.42 bits per heavy atom. The Bertz CT molecular complexity index is 973. The smallest absolute Gasteiger partial charge is 0.232 e. The van der Waals surface area contributed by atoms with Gasteiger partial charge in [0.2, 0.25) is 12.7 Å². The number of anilines is 3. The summed E-state index contributed by atoms with van der Waals surface area (Å²) in [6, 6.07) is 8.07. The number of benzene rings is 1. The highest BCUT2D eigenvalue weighted by molar-refractivity contribution is 7.80. The molecule has 0 atom stereocenters. The van der Waals surface area contributed by atoms with Crippen LogP contribution in [0.3, 0.4) is 0 Å². The maximum Gasteiger partial charge on any atom is 0.232 e. The molecule has 2 saturated heterocycles. The Morgan fingerprint density at radius 1 is 0.818 bits per heavy atom. The van der Waals surface area contributed by atoms with Gasteiger partial charge in [-0.3, -0.25) is 0 Å². The van der Waals surface area contributed by atoms with Gasteiger partial charge in [0, 0.05) is 38.8 Å². The summed E-state index contributed by atoms with van der Waals surface area (Å²) < 4.78 is 10.8. The first kappa shape index (κ1) is 22.0. The summed E-state index contributed by atoms with van der Waals surface area (Å²) in [5, 5.41) is 7.00. The third kappa shape index (κ3) is 5.58. The molecule has 0 spiro atoms. The SMILES string of the molecule is S=C(NCc1ccc2c(c1)OCO2)Nc1nc(N2CCCCCC2)cc(N2CCCCC2)n1. The van der Waals surface area contributed by atoms with E-state index in [2.05, 4.69) is 26.5 Å². The molecule has 5 rings (SSSR count). The van der Waals surface area contributed by atoms with Crippen molar-refractivity contribution < 1.29 is 9.47 Å². The van der Waals surface area contributed by atoms with Gasteiger partial charge in [-0.25, -0.2) is 0 Å². The van der Waals surface area contributed by atoms with Gasteiger partial charge >= 0.3 is 0 Å². The number of nitrogens with zero attached hydrogens (tertiary/aromatic N) is 4. The van der Waals surface area contributed by atoms with Crippen molar-refractivity contribution in [2.24, 2.45) is 0 Å². The van der Waals surface area contributed by atoms with Crippen LogP contribution in [0.5, 0.6) is 11.5 Å². The van der Waals surface area contributed by atoms with E-state index >= 15 is 0 Å². The van der Waals surface area contributed by atoms with Crippen LogP contribution in [0.15, 0.2) is 24.3 Å². The van der Waals surface area contributed by atoms with E-state index in [4.69, 9.17) is 31.7 Å². The molecule has 2 aromatic rings. The number of fused-ring (bicyclic) bond motifs is 1. The molecule has 1 aromatic heterocycles. The standard InChI is InChI=1S/C24H32N6O2S/c33-24(25-16-18-8-9-19-20(14-18)32-17-31-19)28-23-26-21(29-10-4-1-2-5-11-29)15-22(27-23)30-12-6-3-7-13-30/h8-9,14-15H,1-7,10-13,16-17H2,(H2,25,26,27,28,33). The van der Waals surface area contributed by atoms with E-state index in [1.807, 2.05) is 18.2 Å². The summed E-state index contributed by atoms with van der Waals surface area (Å²) in [5.41, 5.74) is 1.07. The van der Waals surface area contributed by atoms with Crippen molar-refractivity contribution >= 4 is 34.9 Å². The monoisotopic (exact) mass is 468 g/mol. The minimum absolute atomic E-state index is 0.274. The fraction of sp³-hybridized carbons (Fsp3) is 0.542. The molecule has 0 bridgehead atoms. The summed E-state index contributed by atoms with van der Waals surface area (Å²) in [6.45, 7) is 5.03. The number of ether oxygens (including phenoxy) is 2. The van der Waals surface area contributed by atoms with Gasteiger partial charge in [0.15, 0.2) is 16.6 Å². The first-order valence-corrected chi connectivity index (χ1v) is 12.5. The van der Waals surface area contributed by atoms with Crippen LogP contribution in [0.25, 0.3) is 0 Å². The molecule has 3 aliphatic heterocycles. The molecule has 0 amide bonds. The molecule has 0 unspecified atom stereocenters. The molecule has 2 fully saturated rings. The van der Waals surface area contributed by atoms with Gasteiger partial charge < -0.3 is 29.9 Å². The van der Waals surface area contributed by atoms with Crippen molar-refractivity contribution in [2.45, 2.75) is 51.5 Å². The van der Waals surface area contributed by atoms with Crippen molar-refractivity contribution in [1.29, 1.82) is 0 Å². The molecule has 8 nitrogen and oxygen atoms in total. The van der Waals surface area contributed by atoms with Gasteiger partial charge in [-0.1, -0.05) is 18.9 Å². The Kier molecular flexibility index (Phi) is 6.95. The third-order valence-electron chi connectivity index (χ3n) is 6.42. The molecule has 0 saturated carbocycles. The molecule has 176 valence electrons. The zero-order valence-corrected chi connectivity index (χ0v) is 19.8. The molecule has 3 aliphatic rings. The van der Waals surface area contributed by atoms with Crippen LogP contribution in [0.4, 0.5) is 17.6 Å². The Hall–Kier alpha value is -2.81. The molecule has 1 aromatic carbocycles. The maximum atomic E-state index is 5.57. The zero-order chi connectivity index (χ0) is 22.5. The van der Waals surface area contributed by atoms with Gasteiger partial charge in [-0.2, -0.15) is 9.97 Å². The lowest BCUT2D eigenvalue weighted by Gasteiger charge is -2.29. The van der Waals surface area contributed by atoms with Crippen LogP contribution in [0.1, 0.15) is 50.5 Å². The van der Waals surface area contributed by atoms with E-state index in [0.29, 0.717) is 17.6 Å². The Balaban J connectivity index is 1.29. The second kappa shape index (κ2) is 10.4. The number of piperidine rings is 1. The molecule has 0 radical (unpaired) electrons. The number of aromatic nitrogens is 2. The van der Waals surface area contributed by atoms with Crippen molar-refractivity contribution in [3.63, 3.8) is 0 Å². The van der Waals surface area contributed by atoms with Crippen LogP contribution < -0.4 is 29.9 Å². The largest absolute Gasteiger partial charge is 0.454 e. The van der Waals surface area contributed by atoms with Gasteiger partial charge in [0.05, 0.1) is 0 Å². The van der Waals surface area contributed by atoms with Crippen molar-refractivity contribution in [2.75, 3.05) is 48.1 Å². The van der Waals surface area contributed by atoms with Gasteiger partial charge in [-0.05, 0) is 62.0 Å². The molecule has 4 heterocycles. The van der Waals surface area contributed by atoms with Crippen LogP contribution in [0.2, 0.25) is 0 Å². The summed E-state index contributed by atoms with van der Waals surface area (Å²) in [5.74, 6) is 4.09. The van der Waals surface area contributed by atoms with Crippen molar-refractivity contribution in [1.82, 2.24) is 15.3 Å². The molecule has 0 aliphatic carbocycles. The number of hydrogen-bond acceptors (Lipinski definition) is 7. The number of nitrogens with one attached hydrogen (secondary N) is 2. The third-order valence-corrected chi connectivity index (χ3v) is 6.67. The average Bonchev–Trinajstić information content (AvgIpc) is 3.14. The fourth-order valence-electron chi connectivity index (χ4n) is 4.60. The lowest BCUT2D eigenvalue weighted by atomic mass is 10.1. The van der Waals surface area contributed by atoms with Crippen molar-refractivity contribution in [3.05, 3.63) is 29.8 Å². The first-order chi connectivity index (χ1) is 16.2. The summed E-state index contributed by atoms with van der Waals surface area (Å²) in [4.78, 5) is 14.5. The first-order valence-electron chi connectivity index (χ1n) is 12.1. The molecular weight excluding hydrogens is 436 g/mol. The zero-order valence-electron chi connectivity index (χ0n) is 19.0. The highest BCUT2D eigenvalue weighted by Crippen LogP contribution is 2.32.